The Hall–Kier alpha value is -2.15. The van der Waals surface area contributed by atoms with Crippen LogP contribution < -0.4 is 4.74 Å². The first-order chi connectivity index (χ1) is 8.04. The van der Waals surface area contributed by atoms with Gasteiger partial charge in [0.1, 0.15) is 11.6 Å². The number of fused-ring (bicyclic) bond motifs is 1. The average Bonchev–Trinajstić information content (AvgIpc) is 2.56. The molecule has 1 N–H and O–H groups in total. The summed E-state index contributed by atoms with van der Waals surface area (Å²) in [4.78, 5) is 13.6. The largest absolute Gasteiger partial charge is 0.427 e. The molecule has 0 aliphatic carbocycles. The monoisotopic (exact) mass is 252 g/mol. The van der Waals surface area contributed by atoms with Gasteiger partial charge in [-0.3, -0.25) is 4.79 Å². The van der Waals surface area contributed by atoms with Crippen LogP contribution in [0.2, 0.25) is 0 Å². The van der Waals surface area contributed by atoms with Crippen molar-refractivity contribution < 1.29 is 17.9 Å². The molecular formula is C10H8N2O4S. The highest BCUT2D eigenvalue weighted by atomic mass is 32.2. The van der Waals surface area contributed by atoms with E-state index in [1.165, 1.54) is 6.92 Å². The normalized spacial score (nSPS) is 10.2. The van der Waals surface area contributed by atoms with Crippen LogP contribution in [0.4, 0.5) is 5.82 Å². The van der Waals surface area contributed by atoms with E-state index >= 15 is 0 Å². The topological polar surface area (TPSA) is 88.6 Å². The zero-order valence-corrected chi connectivity index (χ0v) is 9.61. The molecule has 1 aromatic heterocycles. The van der Waals surface area contributed by atoms with Gasteiger partial charge in [-0.2, -0.15) is 8.42 Å². The lowest BCUT2D eigenvalue weighted by Gasteiger charge is -1.99. The van der Waals surface area contributed by atoms with Gasteiger partial charge >= 0.3 is 16.5 Å². The molecule has 1 heterocycles. The molecule has 0 spiro atoms. The summed E-state index contributed by atoms with van der Waals surface area (Å²) in [6.07, 6.45) is 0. The average molecular weight is 252 g/mol. The summed E-state index contributed by atoms with van der Waals surface area (Å²) in [5, 5.41) is 0.716. The number of benzene rings is 1. The number of rotatable bonds is 2. The third-order valence-electron chi connectivity index (χ3n) is 2.01. The Morgan fingerprint density at radius 1 is 1.35 bits per heavy atom. The molecule has 88 valence electrons. The van der Waals surface area contributed by atoms with Gasteiger partial charge < -0.3 is 9.72 Å². The zero-order chi connectivity index (χ0) is 12.4. The number of carbonyl (C=O) groups is 1. The molecule has 0 atom stereocenters. The van der Waals surface area contributed by atoms with Gasteiger partial charge in [0, 0.05) is 17.8 Å². The minimum atomic E-state index is -2.50. The molecule has 0 saturated heterocycles. The Morgan fingerprint density at radius 3 is 2.76 bits per heavy atom. The molecule has 1 aromatic carbocycles. The molecule has 2 aromatic rings. The summed E-state index contributed by atoms with van der Waals surface area (Å²) < 4.78 is 29.1. The summed E-state index contributed by atoms with van der Waals surface area (Å²) >= 11 is 0. The van der Waals surface area contributed by atoms with Crippen LogP contribution in [-0.4, -0.2) is 19.4 Å². The van der Waals surface area contributed by atoms with Crippen LogP contribution in [0.1, 0.15) is 6.92 Å². The van der Waals surface area contributed by atoms with E-state index in [0.717, 1.165) is 0 Å². The molecule has 7 heteroatoms. The third kappa shape index (κ3) is 2.70. The number of aromatic nitrogens is 1. The Bertz CT molecular complexity index is 707. The molecule has 0 saturated carbocycles. The van der Waals surface area contributed by atoms with Crippen LogP contribution in [0.5, 0.6) is 5.75 Å². The summed E-state index contributed by atoms with van der Waals surface area (Å²) in [5.74, 6) is 0.220. The van der Waals surface area contributed by atoms with Crippen LogP contribution in [0.3, 0.4) is 0 Å². The Labute approximate surface area is 97.9 Å². The number of nitrogens with zero attached hydrogens (tertiary/aromatic N) is 1. The van der Waals surface area contributed by atoms with Crippen LogP contribution in [0.25, 0.3) is 10.9 Å². The minimum Gasteiger partial charge on any atom is -0.427 e. The number of hydrogen-bond acceptors (Lipinski definition) is 5. The van der Waals surface area contributed by atoms with E-state index < -0.39 is 16.5 Å². The van der Waals surface area contributed by atoms with Crippen LogP contribution in [0, 0.1) is 0 Å². The number of hydrogen-bond donors (Lipinski definition) is 1. The lowest BCUT2D eigenvalue weighted by molar-refractivity contribution is -0.131. The van der Waals surface area contributed by atoms with Crippen molar-refractivity contribution in [1.29, 1.82) is 0 Å². The van der Waals surface area contributed by atoms with Gasteiger partial charge in [0.2, 0.25) is 0 Å². The van der Waals surface area contributed by atoms with E-state index in [1.54, 1.807) is 24.3 Å². The molecule has 0 amide bonds. The quantitative estimate of drug-likeness (QED) is 0.651. The van der Waals surface area contributed by atoms with Crippen molar-refractivity contribution in [2.24, 2.45) is 4.36 Å². The van der Waals surface area contributed by atoms with E-state index in [0.29, 0.717) is 16.7 Å². The highest BCUT2D eigenvalue weighted by molar-refractivity contribution is 7.61. The van der Waals surface area contributed by atoms with E-state index in [2.05, 4.69) is 9.35 Å². The molecule has 0 radical (unpaired) electrons. The van der Waals surface area contributed by atoms with E-state index in [1.807, 2.05) is 0 Å². The molecule has 17 heavy (non-hydrogen) atoms. The van der Waals surface area contributed by atoms with Crippen molar-refractivity contribution in [3.63, 3.8) is 0 Å². The summed E-state index contributed by atoms with van der Waals surface area (Å²) in [6, 6.07) is 6.47. The van der Waals surface area contributed by atoms with E-state index in [4.69, 9.17) is 4.74 Å². The first-order valence-corrected chi connectivity index (χ1v) is 5.70. The maximum Gasteiger partial charge on any atom is 0.317 e. The number of H-pyrrole nitrogens is 1. The summed E-state index contributed by atoms with van der Waals surface area (Å²) in [5.41, 5.74) is 0.713. The molecule has 0 fully saturated rings. The molecule has 0 unspecified atom stereocenters. The fourth-order valence-corrected chi connectivity index (χ4v) is 1.71. The smallest absolute Gasteiger partial charge is 0.317 e. The van der Waals surface area contributed by atoms with Crippen molar-refractivity contribution in [2.75, 3.05) is 0 Å². The van der Waals surface area contributed by atoms with E-state index in [-0.39, 0.29) is 5.82 Å². The second-order valence-electron chi connectivity index (χ2n) is 3.31. The number of nitrogens with one attached hydrogen (secondary N) is 1. The van der Waals surface area contributed by atoms with Crippen molar-refractivity contribution in [1.82, 2.24) is 4.98 Å². The number of esters is 1. The molecule has 0 bridgehead atoms. The standard InChI is InChI=1S/C10H8N2O4S/c1-6(13)16-8-2-3-9-7(4-8)5-10(11-9)12-17(14)15/h2-5,11H,1H3. The molecular weight excluding hydrogens is 244 g/mol. The highest BCUT2D eigenvalue weighted by Gasteiger charge is 2.03. The highest BCUT2D eigenvalue weighted by Crippen LogP contribution is 2.25. The van der Waals surface area contributed by atoms with Gasteiger partial charge in [0.05, 0.1) is 0 Å². The first-order valence-electron chi connectivity index (χ1n) is 4.67. The fraction of sp³-hybridized carbons (Fsp3) is 0.100. The van der Waals surface area contributed by atoms with Gasteiger partial charge in [0.25, 0.3) is 0 Å². The number of ether oxygens (including phenoxy) is 1. The number of aromatic amines is 1. The maximum absolute atomic E-state index is 10.8. The lowest BCUT2D eigenvalue weighted by atomic mass is 10.2. The second kappa shape index (κ2) is 4.38. The molecule has 0 aliphatic heterocycles. The first kappa shape index (κ1) is 11.3. The molecule has 0 aliphatic rings. The van der Waals surface area contributed by atoms with Crippen LogP contribution in [-0.2, 0) is 15.3 Å². The van der Waals surface area contributed by atoms with Gasteiger partial charge in [0.15, 0.2) is 0 Å². The van der Waals surface area contributed by atoms with E-state index in [9.17, 15) is 13.2 Å². The fourth-order valence-electron chi connectivity index (χ4n) is 1.45. The molecule has 2 rings (SSSR count). The Morgan fingerprint density at radius 2 is 2.12 bits per heavy atom. The van der Waals surface area contributed by atoms with Crippen molar-refractivity contribution in [3.8, 4) is 5.75 Å². The summed E-state index contributed by atoms with van der Waals surface area (Å²) in [7, 11) is -2.50. The maximum atomic E-state index is 10.8. The van der Waals surface area contributed by atoms with Crippen molar-refractivity contribution >= 4 is 33.2 Å². The van der Waals surface area contributed by atoms with Gasteiger partial charge in [-0.1, -0.05) is 0 Å². The van der Waals surface area contributed by atoms with Crippen molar-refractivity contribution in [3.05, 3.63) is 24.3 Å². The Kier molecular flexibility index (Phi) is 2.92. The predicted molar refractivity (Wildman–Crippen MR) is 60.6 cm³/mol. The van der Waals surface area contributed by atoms with Crippen molar-refractivity contribution in [2.45, 2.75) is 6.92 Å². The SMILES string of the molecule is CC(=O)Oc1ccc2[nH]c(N=S(=O)=O)cc2c1. The molecule has 6 nitrogen and oxygen atoms in total. The summed E-state index contributed by atoms with van der Waals surface area (Å²) in [6.45, 7) is 1.31. The zero-order valence-electron chi connectivity index (χ0n) is 8.80. The minimum absolute atomic E-state index is 0.230. The predicted octanol–water partition coefficient (Wildman–Crippen LogP) is 1.79. The lowest BCUT2D eigenvalue weighted by Crippen LogP contribution is -2.00. The van der Waals surface area contributed by atoms with Gasteiger partial charge in [-0.25, -0.2) is 0 Å². The van der Waals surface area contributed by atoms with Gasteiger partial charge in [-0.15, -0.1) is 4.36 Å². The van der Waals surface area contributed by atoms with Gasteiger partial charge in [-0.05, 0) is 24.3 Å². The third-order valence-corrected chi connectivity index (χ3v) is 2.36. The second-order valence-corrected chi connectivity index (χ2v) is 3.92. The Balaban J connectivity index is 2.47. The van der Waals surface area contributed by atoms with Crippen LogP contribution >= 0.6 is 0 Å². The number of carbonyl (C=O) groups excluding carboxylic acids is 1. The van der Waals surface area contributed by atoms with Crippen LogP contribution in [0.15, 0.2) is 28.6 Å².